The van der Waals surface area contributed by atoms with Crippen LogP contribution in [0.1, 0.15) is 42.5 Å². The third-order valence-electron chi connectivity index (χ3n) is 5.08. The highest BCUT2D eigenvalue weighted by atomic mass is 32.2. The average molecular weight is 311 g/mol. The van der Waals surface area contributed by atoms with Crippen molar-refractivity contribution in [3.05, 3.63) is 28.3 Å². The van der Waals surface area contributed by atoms with Crippen LogP contribution in [0.4, 0.5) is 0 Å². The first-order valence-corrected chi connectivity index (χ1v) is 8.74. The Morgan fingerprint density at radius 3 is 2.00 bits per heavy atom. The van der Waals surface area contributed by atoms with Gasteiger partial charge in [0.15, 0.2) is 0 Å². The zero-order valence-corrected chi connectivity index (χ0v) is 14.4. The summed E-state index contributed by atoms with van der Waals surface area (Å²) >= 11 is 0. The number of aliphatic hydroxyl groups excluding tert-OH is 1. The largest absolute Gasteiger partial charge is 0.392 e. The number of benzene rings is 1. The van der Waals surface area contributed by atoms with Gasteiger partial charge in [0.05, 0.1) is 11.0 Å². The second-order valence-electron chi connectivity index (χ2n) is 6.84. The second kappa shape index (κ2) is 5.07. The molecule has 0 aliphatic heterocycles. The van der Waals surface area contributed by atoms with Crippen LogP contribution in [0.15, 0.2) is 11.0 Å². The molecule has 2 unspecified atom stereocenters. The fraction of sp³-hybridized carbons (Fsp3) is 0.625. The molecule has 1 aliphatic rings. The van der Waals surface area contributed by atoms with E-state index in [0.717, 1.165) is 22.3 Å². The topological polar surface area (TPSA) is 66.4 Å². The molecule has 0 amide bonds. The molecule has 0 spiro atoms. The molecular formula is C16H25NO3S. The first-order chi connectivity index (χ1) is 9.48. The van der Waals surface area contributed by atoms with Gasteiger partial charge in [-0.3, -0.25) is 0 Å². The van der Waals surface area contributed by atoms with E-state index in [1.807, 2.05) is 47.6 Å². The van der Waals surface area contributed by atoms with E-state index >= 15 is 0 Å². The monoisotopic (exact) mass is 311 g/mol. The lowest BCUT2D eigenvalue weighted by Gasteiger charge is -2.49. The lowest BCUT2D eigenvalue weighted by Crippen LogP contribution is -2.61. The maximum absolute atomic E-state index is 12.8. The Kier molecular flexibility index (Phi) is 3.98. The van der Waals surface area contributed by atoms with Crippen LogP contribution in [0, 0.1) is 33.1 Å². The van der Waals surface area contributed by atoms with Gasteiger partial charge in [0, 0.05) is 11.5 Å². The van der Waals surface area contributed by atoms with Gasteiger partial charge in [-0.05, 0) is 56.4 Å². The summed E-state index contributed by atoms with van der Waals surface area (Å²) in [5, 5.41) is 9.78. The van der Waals surface area contributed by atoms with E-state index < -0.39 is 21.5 Å². The van der Waals surface area contributed by atoms with E-state index in [0.29, 0.717) is 11.3 Å². The van der Waals surface area contributed by atoms with Gasteiger partial charge in [0.2, 0.25) is 10.0 Å². The Bertz CT molecular complexity index is 651. The lowest BCUT2D eigenvalue weighted by molar-refractivity contribution is -0.0645. The smallest absolute Gasteiger partial charge is 0.241 e. The molecule has 2 N–H and O–H groups in total. The molecule has 0 saturated heterocycles. The highest BCUT2D eigenvalue weighted by Crippen LogP contribution is 2.41. The number of rotatable bonds is 3. The minimum atomic E-state index is -3.58. The molecule has 0 bridgehead atoms. The van der Waals surface area contributed by atoms with Crippen molar-refractivity contribution in [3.63, 3.8) is 0 Å². The number of aliphatic hydroxyl groups is 1. The number of aryl methyl sites for hydroxylation is 2. The predicted molar refractivity (Wildman–Crippen MR) is 83.9 cm³/mol. The zero-order valence-electron chi connectivity index (χ0n) is 13.6. The van der Waals surface area contributed by atoms with Crippen LogP contribution in [0.5, 0.6) is 0 Å². The van der Waals surface area contributed by atoms with Gasteiger partial charge in [-0.2, -0.15) is 0 Å². The maximum atomic E-state index is 12.8. The van der Waals surface area contributed by atoms with Crippen molar-refractivity contribution in [3.8, 4) is 0 Å². The molecule has 0 aromatic heterocycles. The fourth-order valence-corrected chi connectivity index (χ4v) is 4.95. The Morgan fingerprint density at radius 1 is 1.14 bits per heavy atom. The summed E-state index contributed by atoms with van der Waals surface area (Å²) in [4.78, 5) is 0.386. The summed E-state index contributed by atoms with van der Waals surface area (Å²) in [7, 11) is -3.58. The Labute approximate surface area is 127 Å². The van der Waals surface area contributed by atoms with Gasteiger partial charge >= 0.3 is 0 Å². The Balaban J connectivity index is 2.42. The van der Waals surface area contributed by atoms with Gasteiger partial charge in [-0.1, -0.05) is 19.9 Å². The minimum absolute atomic E-state index is 0.225. The molecular weight excluding hydrogens is 286 g/mol. The van der Waals surface area contributed by atoms with Crippen molar-refractivity contribution >= 4 is 10.0 Å². The molecule has 1 aromatic carbocycles. The molecule has 1 aliphatic carbocycles. The zero-order chi connectivity index (χ0) is 16.2. The molecule has 1 fully saturated rings. The molecule has 21 heavy (non-hydrogen) atoms. The summed E-state index contributed by atoms with van der Waals surface area (Å²) in [5.41, 5.74) is 3.12. The molecule has 118 valence electrons. The van der Waals surface area contributed by atoms with Gasteiger partial charge in [-0.15, -0.1) is 0 Å². The van der Waals surface area contributed by atoms with E-state index in [2.05, 4.69) is 4.72 Å². The third-order valence-corrected chi connectivity index (χ3v) is 6.82. The molecule has 1 aromatic rings. The normalized spacial score (nSPS) is 24.7. The number of hydrogen-bond acceptors (Lipinski definition) is 3. The van der Waals surface area contributed by atoms with Crippen LogP contribution in [0.3, 0.4) is 0 Å². The van der Waals surface area contributed by atoms with E-state index in [9.17, 15) is 13.5 Å². The van der Waals surface area contributed by atoms with Crippen molar-refractivity contribution in [2.75, 3.05) is 0 Å². The number of hydrogen-bond donors (Lipinski definition) is 2. The van der Waals surface area contributed by atoms with Crippen molar-refractivity contribution < 1.29 is 13.5 Å². The third kappa shape index (κ3) is 2.62. The number of sulfonamides is 1. The van der Waals surface area contributed by atoms with Crippen molar-refractivity contribution in [1.82, 2.24) is 4.72 Å². The van der Waals surface area contributed by atoms with Crippen LogP contribution in [-0.2, 0) is 10.0 Å². The van der Waals surface area contributed by atoms with Gasteiger partial charge in [-0.25, -0.2) is 13.1 Å². The molecule has 1 saturated carbocycles. The molecule has 2 rings (SSSR count). The van der Waals surface area contributed by atoms with Crippen LogP contribution >= 0.6 is 0 Å². The predicted octanol–water partition coefficient (Wildman–Crippen LogP) is 2.36. The first kappa shape index (κ1) is 16.5. The SMILES string of the molecule is Cc1cc(C)c(C)c(S(=O)(=O)NC2CC(O)C2(C)C)c1C. The summed E-state index contributed by atoms with van der Waals surface area (Å²) in [6.07, 6.45) is 0.0152. The second-order valence-corrected chi connectivity index (χ2v) is 8.49. The molecule has 0 heterocycles. The van der Waals surface area contributed by atoms with Crippen molar-refractivity contribution in [1.29, 1.82) is 0 Å². The summed E-state index contributed by atoms with van der Waals surface area (Å²) in [5.74, 6) is 0. The molecule has 4 nitrogen and oxygen atoms in total. The van der Waals surface area contributed by atoms with Crippen molar-refractivity contribution in [2.24, 2.45) is 5.41 Å². The van der Waals surface area contributed by atoms with Crippen LogP contribution in [0.2, 0.25) is 0 Å². The molecule has 2 atom stereocenters. The van der Waals surface area contributed by atoms with E-state index in [1.54, 1.807) is 0 Å². The average Bonchev–Trinajstić information content (AvgIpc) is 2.36. The van der Waals surface area contributed by atoms with Gasteiger partial charge in [0.1, 0.15) is 0 Å². The number of nitrogens with one attached hydrogen (secondary N) is 1. The van der Waals surface area contributed by atoms with E-state index in [-0.39, 0.29) is 6.04 Å². The van der Waals surface area contributed by atoms with Crippen LogP contribution in [0.25, 0.3) is 0 Å². The Morgan fingerprint density at radius 2 is 1.62 bits per heavy atom. The molecule has 0 radical (unpaired) electrons. The van der Waals surface area contributed by atoms with Crippen molar-refractivity contribution in [2.45, 2.75) is 65.0 Å². The highest BCUT2D eigenvalue weighted by molar-refractivity contribution is 7.89. The fourth-order valence-electron chi connectivity index (χ4n) is 2.93. The molecule has 5 heteroatoms. The minimum Gasteiger partial charge on any atom is -0.392 e. The standard InChI is InChI=1S/C16H25NO3S/c1-9-7-10(2)12(4)15(11(9)3)21(19,20)17-13-8-14(18)16(13,5)6/h7,13-14,17-18H,8H2,1-6H3. The van der Waals surface area contributed by atoms with E-state index in [4.69, 9.17) is 0 Å². The van der Waals surface area contributed by atoms with Crippen LogP contribution in [-0.4, -0.2) is 25.7 Å². The van der Waals surface area contributed by atoms with Gasteiger partial charge in [0.25, 0.3) is 0 Å². The summed E-state index contributed by atoms with van der Waals surface area (Å²) in [6, 6.07) is 1.79. The summed E-state index contributed by atoms with van der Waals surface area (Å²) < 4.78 is 28.3. The van der Waals surface area contributed by atoms with E-state index in [1.165, 1.54) is 0 Å². The Hall–Kier alpha value is -0.910. The highest BCUT2D eigenvalue weighted by Gasteiger charge is 2.49. The van der Waals surface area contributed by atoms with Gasteiger partial charge < -0.3 is 5.11 Å². The maximum Gasteiger partial charge on any atom is 0.241 e. The summed E-state index contributed by atoms with van der Waals surface area (Å²) in [6.45, 7) is 11.3. The van der Waals surface area contributed by atoms with Crippen LogP contribution < -0.4 is 4.72 Å². The lowest BCUT2D eigenvalue weighted by atomic mass is 9.65. The first-order valence-electron chi connectivity index (χ1n) is 7.26. The quantitative estimate of drug-likeness (QED) is 0.900.